The highest BCUT2D eigenvalue weighted by Crippen LogP contribution is 2.41. The number of fused-ring (bicyclic) bond motifs is 1. The van der Waals surface area contributed by atoms with Gasteiger partial charge in [-0.1, -0.05) is 195 Å². The standard InChI is InChI=1S/C43H67Cl3O8/c1-5-7-9-11-13-15-17-19-24-28-35(51-37(47)29-25-20-18-16-14-12-10-8-6-2)30-38(48)53-39-32(3)41(50-33(4)43(44,45)46)52-36-31-49-42(54-40(36)39)34-26-22-21-23-27-34/h21-23,26-27,32,35-36,39-42H,4-20,24-25,28-31H2,1-3H3/t32?,35-,36?,39-,40-,41+,42?/m1/s1. The number of hydrogen-bond donors (Lipinski definition) is 0. The van der Waals surface area contributed by atoms with Gasteiger partial charge in [0.1, 0.15) is 30.2 Å². The predicted molar refractivity (Wildman–Crippen MR) is 216 cm³/mol. The van der Waals surface area contributed by atoms with Gasteiger partial charge in [0.05, 0.1) is 18.9 Å². The summed E-state index contributed by atoms with van der Waals surface area (Å²) in [6.07, 6.45) is 17.6. The third-order valence-electron chi connectivity index (χ3n) is 10.4. The first kappa shape index (κ1) is 46.8. The van der Waals surface area contributed by atoms with Gasteiger partial charge in [0.2, 0.25) is 10.1 Å². The number of allylic oxidation sites excluding steroid dienone is 1. The quantitative estimate of drug-likeness (QED) is 0.0375. The van der Waals surface area contributed by atoms with E-state index in [4.69, 9.17) is 63.2 Å². The van der Waals surface area contributed by atoms with Crippen LogP contribution in [0.15, 0.2) is 42.7 Å². The molecule has 3 rings (SSSR count). The van der Waals surface area contributed by atoms with Crippen molar-refractivity contribution < 1.29 is 38.0 Å². The minimum absolute atomic E-state index is 0.0625. The maximum atomic E-state index is 13.8. The fourth-order valence-corrected chi connectivity index (χ4v) is 7.23. The molecule has 8 nitrogen and oxygen atoms in total. The van der Waals surface area contributed by atoms with E-state index in [9.17, 15) is 9.59 Å². The van der Waals surface area contributed by atoms with E-state index in [-0.39, 0.29) is 24.8 Å². The smallest absolute Gasteiger partial charge is 0.309 e. The van der Waals surface area contributed by atoms with Gasteiger partial charge in [-0.15, -0.1) is 0 Å². The molecule has 0 bridgehead atoms. The first-order valence-corrected chi connectivity index (χ1v) is 22.0. The Hall–Kier alpha value is -1.55. The summed E-state index contributed by atoms with van der Waals surface area (Å²) in [6.45, 7) is 10.2. The zero-order valence-electron chi connectivity index (χ0n) is 33.1. The van der Waals surface area contributed by atoms with E-state index in [2.05, 4.69) is 20.4 Å². The second kappa shape index (κ2) is 26.4. The first-order valence-electron chi connectivity index (χ1n) is 20.8. The van der Waals surface area contributed by atoms with E-state index in [1.165, 1.54) is 77.0 Å². The lowest BCUT2D eigenvalue weighted by molar-refractivity contribution is -0.348. The molecule has 0 radical (unpaired) electrons. The molecule has 0 spiro atoms. The van der Waals surface area contributed by atoms with E-state index in [1.807, 2.05) is 37.3 Å². The van der Waals surface area contributed by atoms with Crippen molar-refractivity contribution in [3.05, 3.63) is 48.2 Å². The molecule has 7 atom stereocenters. The van der Waals surface area contributed by atoms with Crippen LogP contribution in [0.2, 0.25) is 0 Å². The van der Waals surface area contributed by atoms with Crippen molar-refractivity contribution in [2.75, 3.05) is 6.61 Å². The molecule has 3 unspecified atom stereocenters. The molecular formula is C43H67Cl3O8. The topological polar surface area (TPSA) is 89.5 Å². The van der Waals surface area contributed by atoms with Crippen LogP contribution in [0.4, 0.5) is 0 Å². The summed E-state index contributed by atoms with van der Waals surface area (Å²) in [5.41, 5.74) is 0.830. The molecule has 2 aliphatic rings. The molecule has 2 fully saturated rings. The lowest BCUT2D eigenvalue weighted by atomic mass is 9.91. The van der Waals surface area contributed by atoms with Crippen LogP contribution in [0.1, 0.15) is 167 Å². The van der Waals surface area contributed by atoms with Gasteiger partial charge in [-0.2, -0.15) is 0 Å². The molecule has 2 aliphatic heterocycles. The van der Waals surface area contributed by atoms with Crippen molar-refractivity contribution in [1.82, 2.24) is 0 Å². The molecule has 0 N–H and O–H groups in total. The summed E-state index contributed by atoms with van der Waals surface area (Å²) in [4.78, 5) is 26.8. The SMILES string of the molecule is C=C(O[C@H]1OC2COC(c3ccccc3)O[C@H]2[C@H](OC(=O)C[C@@H](CCCCCCCCCCC)OC(=O)CCCCCCCCCCC)C1C)C(Cl)(Cl)Cl. The fourth-order valence-electron chi connectivity index (χ4n) is 7.10. The Labute approximate surface area is 340 Å². The number of carbonyl (C=O) groups excluding carboxylic acids is 2. The lowest BCUT2D eigenvalue weighted by Crippen LogP contribution is -2.60. The molecule has 0 saturated carbocycles. The zero-order chi connectivity index (χ0) is 39.2. The Morgan fingerprint density at radius 1 is 0.778 bits per heavy atom. The van der Waals surface area contributed by atoms with E-state index < -0.39 is 52.7 Å². The number of hydrogen-bond acceptors (Lipinski definition) is 8. The number of rotatable bonds is 27. The highest BCUT2D eigenvalue weighted by molar-refractivity contribution is 6.69. The Morgan fingerprint density at radius 3 is 1.91 bits per heavy atom. The van der Waals surface area contributed by atoms with Crippen molar-refractivity contribution >= 4 is 46.7 Å². The Kier molecular flexibility index (Phi) is 22.9. The Balaban J connectivity index is 1.63. The maximum Gasteiger partial charge on any atom is 0.309 e. The van der Waals surface area contributed by atoms with Crippen molar-refractivity contribution in [3.63, 3.8) is 0 Å². The highest BCUT2D eigenvalue weighted by Gasteiger charge is 2.52. The van der Waals surface area contributed by atoms with Crippen LogP contribution in [-0.2, 0) is 38.0 Å². The Morgan fingerprint density at radius 2 is 1.33 bits per heavy atom. The molecule has 1 aromatic rings. The summed E-state index contributed by atoms with van der Waals surface area (Å²) >= 11 is 18.1. The van der Waals surface area contributed by atoms with E-state index in [0.717, 1.165) is 44.1 Å². The van der Waals surface area contributed by atoms with Gasteiger partial charge in [-0.3, -0.25) is 9.59 Å². The van der Waals surface area contributed by atoms with Crippen LogP contribution < -0.4 is 0 Å². The Bertz CT molecular complexity index is 1190. The highest BCUT2D eigenvalue weighted by atomic mass is 35.6. The van der Waals surface area contributed by atoms with Crippen molar-refractivity contribution in [2.45, 2.75) is 196 Å². The molecule has 2 saturated heterocycles. The van der Waals surface area contributed by atoms with Gasteiger partial charge < -0.3 is 28.4 Å². The second-order valence-electron chi connectivity index (χ2n) is 15.1. The summed E-state index contributed by atoms with van der Waals surface area (Å²) in [6, 6.07) is 9.55. The normalized spacial score (nSPS) is 23.3. The van der Waals surface area contributed by atoms with Gasteiger partial charge >= 0.3 is 11.9 Å². The predicted octanol–water partition coefficient (Wildman–Crippen LogP) is 12.4. The van der Waals surface area contributed by atoms with Crippen molar-refractivity contribution in [2.24, 2.45) is 5.92 Å². The average molecular weight is 818 g/mol. The maximum absolute atomic E-state index is 13.8. The van der Waals surface area contributed by atoms with E-state index in [1.54, 1.807) is 0 Å². The fraction of sp³-hybridized carbons (Fsp3) is 0.767. The molecular weight excluding hydrogens is 751 g/mol. The van der Waals surface area contributed by atoms with Crippen LogP contribution in [0, 0.1) is 5.92 Å². The van der Waals surface area contributed by atoms with E-state index in [0.29, 0.717) is 12.8 Å². The molecule has 0 amide bonds. The lowest BCUT2D eigenvalue weighted by Gasteiger charge is -2.48. The number of unbranched alkanes of at least 4 members (excludes halogenated alkanes) is 16. The van der Waals surface area contributed by atoms with Crippen LogP contribution in [0.3, 0.4) is 0 Å². The number of carbonyl (C=O) groups is 2. The van der Waals surface area contributed by atoms with Crippen LogP contribution in [0.5, 0.6) is 0 Å². The number of ether oxygens (including phenoxy) is 6. The minimum atomic E-state index is -1.88. The molecule has 2 heterocycles. The van der Waals surface area contributed by atoms with Crippen molar-refractivity contribution in [3.8, 4) is 0 Å². The third kappa shape index (κ3) is 17.7. The van der Waals surface area contributed by atoms with Crippen LogP contribution in [-0.4, -0.2) is 53.0 Å². The molecule has 0 aliphatic carbocycles. The summed E-state index contributed by atoms with van der Waals surface area (Å²) < 4.78 is 34.9. The largest absolute Gasteiger partial charge is 0.465 e. The number of benzene rings is 1. The van der Waals surface area contributed by atoms with Gasteiger partial charge in [0.15, 0.2) is 6.29 Å². The summed E-state index contributed by atoms with van der Waals surface area (Å²) in [5, 5.41) is 0. The average Bonchev–Trinajstić information content (AvgIpc) is 3.14. The molecule has 1 aromatic carbocycles. The minimum Gasteiger partial charge on any atom is -0.465 e. The zero-order valence-corrected chi connectivity index (χ0v) is 35.4. The third-order valence-corrected chi connectivity index (χ3v) is 11.0. The van der Waals surface area contributed by atoms with Gasteiger partial charge in [-0.25, -0.2) is 0 Å². The molecule has 308 valence electrons. The number of alkyl halides is 3. The number of esters is 2. The van der Waals surface area contributed by atoms with Crippen LogP contribution in [0.25, 0.3) is 0 Å². The van der Waals surface area contributed by atoms with Gasteiger partial charge in [-0.05, 0) is 19.3 Å². The van der Waals surface area contributed by atoms with Crippen molar-refractivity contribution in [1.29, 1.82) is 0 Å². The van der Waals surface area contributed by atoms with Gasteiger partial charge in [0.25, 0.3) is 0 Å². The second-order valence-corrected chi connectivity index (χ2v) is 17.4. The molecule has 11 heteroatoms. The summed E-state index contributed by atoms with van der Waals surface area (Å²) in [5.74, 6) is -1.41. The first-order chi connectivity index (χ1) is 26.0. The van der Waals surface area contributed by atoms with E-state index >= 15 is 0 Å². The summed E-state index contributed by atoms with van der Waals surface area (Å²) in [7, 11) is 0. The molecule has 54 heavy (non-hydrogen) atoms. The van der Waals surface area contributed by atoms with Crippen LogP contribution >= 0.6 is 34.8 Å². The monoisotopic (exact) mass is 816 g/mol. The number of halogens is 3. The van der Waals surface area contributed by atoms with Gasteiger partial charge in [0, 0.05) is 12.0 Å². The molecule has 0 aromatic heterocycles.